The molecule has 0 aliphatic carbocycles. The van der Waals surface area contributed by atoms with Crippen molar-refractivity contribution in [2.75, 3.05) is 12.4 Å². The number of rotatable bonds is 4. The lowest BCUT2D eigenvalue weighted by Crippen LogP contribution is -2.34. The number of phenols is 1. The number of methoxy groups -OCH3 is 1. The zero-order valence-electron chi connectivity index (χ0n) is 16.2. The summed E-state index contributed by atoms with van der Waals surface area (Å²) in [5.41, 5.74) is 2.95. The van der Waals surface area contributed by atoms with Crippen molar-refractivity contribution in [1.29, 1.82) is 0 Å². The molecule has 3 N–H and O–H groups in total. The van der Waals surface area contributed by atoms with Gasteiger partial charge < -0.3 is 19.6 Å². The summed E-state index contributed by atoms with van der Waals surface area (Å²) in [5.74, 6) is 0.632. The number of ether oxygens (including phenoxy) is 1. The standard InChI is InChI=1S/C22H16BrN3O4S/c1-29-18-5-3-2-4-14(18)20(28)26-22(31)24-13-7-9-19-16(11-13)25-21(30-19)12-6-8-17(27)15(23)10-12/h2-11,27H,1H3,(H2,24,26,28,31). The molecule has 0 radical (unpaired) electrons. The second-order valence-corrected chi connectivity index (χ2v) is 7.74. The largest absolute Gasteiger partial charge is 0.507 e. The van der Waals surface area contributed by atoms with Gasteiger partial charge in [-0.25, -0.2) is 4.98 Å². The molecule has 3 aromatic carbocycles. The number of hydrogen-bond donors (Lipinski definition) is 3. The van der Waals surface area contributed by atoms with Crippen LogP contribution in [0.25, 0.3) is 22.6 Å². The van der Waals surface area contributed by atoms with Crippen molar-refractivity contribution < 1.29 is 19.1 Å². The van der Waals surface area contributed by atoms with Crippen LogP contribution in [0, 0.1) is 0 Å². The van der Waals surface area contributed by atoms with Gasteiger partial charge in [0.25, 0.3) is 5.91 Å². The fourth-order valence-electron chi connectivity index (χ4n) is 2.93. The Kier molecular flexibility index (Phi) is 5.88. The van der Waals surface area contributed by atoms with Crippen molar-refractivity contribution in [1.82, 2.24) is 10.3 Å². The number of hydrogen-bond acceptors (Lipinski definition) is 6. The van der Waals surface area contributed by atoms with Crippen LogP contribution in [0.1, 0.15) is 10.4 Å². The molecule has 0 bridgehead atoms. The maximum absolute atomic E-state index is 12.5. The zero-order chi connectivity index (χ0) is 22.0. The van der Waals surface area contributed by atoms with E-state index >= 15 is 0 Å². The Morgan fingerprint density at radius 3 is 2.74 bits per heavy atom. The summed E-state index contributed by atoms with van der Waals surface area (Å²) in [6, 6.07) is 17.2. The smallest absolute Gasteiger partial charge is 0.261 e. The highest BCUT2D eigenvalue weighted by Gasteiger charge is 2.14. The number of para-hydroxylation sites is 1. The number of carbonyl (C=O) groups excluding carboxylic acids is 1. The molecule has 4 aromatic rings. The highest BCUT2D eigenvalue weighted by molar-refractivity contribution is 9.10. The molecule has 0 atom stereocenters. The summed E-state index contributed by atoms with van der Waals surface area (Å²) < 4.78 is 11.6. The Balaban J connectivity index is 1.50. The van der Waals surface area contributed by atoms with Gasteiger partial charge in [-0.05, 0) is 76.7 Å². The number of nitrogens with one attached hydrogen (secondary N) is 2. The number of oxazole rings is 1. The Hall–Kier alpha value is -3.43. The minimum atomic E-state index is -0.377. The first kappa shape index (κ1) is 20.8. The van der Waals surface area contributed by atoms with Crippen molar-refractivity contribution in [2.45, 2.75) is 0 Å². The minimum absolute atomic E-state index is 0.134. The molecular formula is C22H16BrN3O4S. The average Bonchev–Trinajstić information content (AvgIpc) is 3.19. The normalized spacial score (nSPS) is 10.6. The van der Waals surface area contributed by atoms with E-state index in [1.165, 1.54) is 7.11 Å². The third-order valence-electron chi connectivity index (χ3n) is 4.42. The van der Waals surface area contributed by atoms with Crippen LogP contribution in [0.4, 0.5) is 5.69 Å². The van der Waals surface area contributed by atoms with Gasteiger partial charge >= 0.3 is 0 Å². The van der Waals surface area contributed by atoms with Gasteiger partial charge in [0, 0.05) is 11.3 Å². The SMILES string of the molecule is COc1ccccc1C(=O)NC(=S)Nc1ccc2oc(-c3ccc(O)c(Br)c3)nc2c1. The Morgan fingerprint density at radius 1 is 1.16 bits per heavy atom. The maximum atomic E-state index is 12.5. The number of halogens is 1. The van der Waals surface area contributed by atoms with Crippen LogP contribution in [0.15, 0.2) is 69.6 Å². The van der Waals surface area contributed by atoms with Crippen LogP contribution in [0.5, 0.6) is 11.5 Å². The number of aromatic nitrogens is 1. The van der Waals surface area contributed by atoms with Gasteiger partial charge in [-0.1, -0.05) is 12.1 Å². The summed E-state index contributed by atoms with van der Waals surface area (Å²) >= 11 is 8.55. The molecule has 1 heterocycles. The third kappa shape index (κ3) is 4.52. The van der Waals surface area contributed by atoms with Crippen LogP contribution < -0.4 is 15.4 Å². The quantitative estimate of drug-likeness (QED) is 0.337. The molecule has 0 fully saturated rings. The Labute approximate surface area is 191 Å². The van der Waals surface area contributed by atoms with Gasteiger partial charge in [0.05, 0.1) is 17.1 Å². The molecule has 156 valence electrons. The van der Waals surface area contributed by atoms with E-state index in [0.717, 1.165) is 5.56 Å². The van der Waals surface area contributed by atoms with Crippen molar-refractivity contribution in [3.05, 3.63) is 70.7 Å². The minimum Gasteiger partial charge on any atom is -0.507 e. The fraction of sp³-hybridized carbons (Fsp3) is 0.0455. The fourth-order valence-corrected chi connectivity index (χ4v) is 3.52. The first-order valence-corrected chi connectivity index (χ1v) is 10.3. The van der Waals surface area contributed by atoms with E-state index in [2.05, 4.69) is 31.5 Å². The van der Waals surface area contributed by atoms with E-state index in [0.29, 0.717) is 38.5 Å². The van der Waals surface area contributed by atoms with Gasteiger partial charge in [-0.15, -0.1) is 0 Å². The third-order valence-corrected chi connectivity index (χ3v) is 5.26. The van der Waals surface area contributed by atoms with E-state index in [4.69, 9.17) is 21.4 Å². The van der Waals surface area contributed by atoms with E-state index in [-0.39, 0.29) is 16.8 Å². The molecule has 0 unspecified atom stereocenters. The monoisotopic (exact) mass is 497 g/mol. The second-order valence-electron chi connectivity index (χ2n) is 6.48. The number of anilines is 1. The highest BCUT2D eigenvalue weighted by atomic mass is 79.9. The van der Waals surface area contributed by atoms with Crippen LogP contribution in [-0.2, 0) is 0 Å². The van der Waals surface area contributed by atoms with Gasteiger partial charge in [-0.2, -0.15) is 0 Å². The van der Waals surface area contributed by atoms with Crippen molar-refractivity contribution >= 4 is 56.0 Å². The lowest BCUT2D eigenvalue weighted by molar-refractivity contribution is 0.0975. The van der Waals surface area contributed by atoms with E-state index < -0.39 is 0 Å². The predicted molar refractivity (Wildman–Crippen MR) is 125 cm³/mol. The summed E-state index contributed by atoms with van der Waals surface area (Å²) in [6.45, 7) is 0. The number of aromatic hydroxyl groups is 1. The molecule has 1 aromatic heterocycles. The second kappa shape index (κ2) is 8.75. The summed E-state index contributed by atoms with van der Waals surface area (Å²) in [5, 5.41) is 15.4. The summed E-state index contributed by atoms with van der Waals surface area (Å²) in [7, 11) is 1.50. The molecule has 0 saturated carbocycles. The lowest BCUT2D eigenvalue weighted by Gasteiger charge is -2.11. The highest BCUT2D eigenvalue weighted by Crippen LogP contribution is 2.31. The topological polar surface area (TPSA) is 96.6 Å². The molecule has 0 spiro atoms. The Bertz CT molecular complexity index is 1310. The van der Waals surface area contributed by atoms with E-state index in [1.54, 1.807) is 60.7 Å². The average molecular weight is 498 g/mol. The molecule has 4 rings (SSSR count). The van der Waals surface area contributed by atoms with Crippen LogP contribution in [0.2, 0.25) is 0 Å². The number of benzene rings is 3. The number of phenolic OH excluding ortho intramolecular Hbond substituents is 1. The molecule has 0 saturated heterocycles. The molecular weight excluding hydrogens is 482 g/mol. The van der Waals surface area contributed by atoms with Crippen molar-refractivity contribution in [2.24, 2.45) is 0 Å². The van der Waals surface area contributed by atoms with Crippen LogP contribution in [-0.4, -0.2) is 28.2 Å². The zero-order valence-corrected chi connectivity index (χ0v) is 18.6. The summed E-state index contributed by atoms with van der Waals surface area (Å²) in [4.78, 5) is 17.0. The van der Waals surface area contributed by atoms with Crippen LogP contribution in [0.3, 0.4) is 0 Å². The molecule has 1 amide bonds. The van der Waals surface area contributed by atoms with E-state index in [9.17, 15) is 9.90 Å². The van der Waals surface area contributed by atoms with Gasteiger partial charge in [0.2, 0.25) is 5.89 Å². The molecule has 7 nitrogen and oxygen atoms in total. The molecule has 0 aliphatic rings. The van der Waals surface area contributed by atoms with E-state index in [1.807, 2.05) is 0 Å². The number of amides is 1. The maximum Gasteiger partial charge on any atom is 0.261 e. The van der Waals surface area contributed by atoms with Gasteiger partial charge in [0.15, 0.2) is 10.7 Å². The predicted octanol–water partition coefficient (Wildman–Crippen LogP) is 5.10. The lowest BCUT2D eigenvalue weighted by atomic mass is 10.2. The van der Waals surface area contributed by atoms with Crippen molar-refractivity contribution in [3.8, 4) is 23.0 Å². The first-order valence-electron chi connectivity index (χ1n) is 9.09. The van der Waals surface area contributed by atoms with Crippen molar-refractivity contribution in [3.63, 3.8) is 0 Å². The number of nitrogens with zero attached hydrogens (tertiary/aromatic N) is 1. The number of fused-ring (bicyclic) bond motifs is 1. The van der Waals surface area contributed by atoms with Gasteiger partial charge in [0.1, 0.15) is 17.0 Å². The summed E-state index contributed by atoms with van der Waals surface area (Å²) in [6.07, 6.45) is 0. The molecule has 31 heavy (non-hydrogen) atoms. The van der Waals surface area contributed by atoms with Gasteiger partial charge in [-0.3, -0.25) is 10.1 Å². The molecule has 9 heteroatoms. The number of carbonyl (C=O) groups is 1. The number of thiocarbonyl (C=S) groups is 1. The first-order chi connectivity index (χ1) is 14.9. The Morgan fingerprint density at radius 2 is 1.97 bits per heavy atom. The molecule has 0 aliphatic heterocycles. The van der Waals surface area contributed by atoms with Crippen LogP contribution >= 0.6 is 28.1 Å².